The maximum Gasteiger partial charge on any atom is 0.270 e. The number of thiazole rings is 1. The van der Waals surface area contributed by atoms with Crippen molar-refractivity contribution in [3.05, 3.63) is 77.8 Å². The molecule has 2 heterocycles. The van der Waals surface area contributed by atoms with Gasteiger partial charge < -0.3 is 10.6 Å². The molecule has 2 aromatic heterocycles. The highest BCUT2D eigenvalue weighted by Gasteiger charge is 2.23. The molecule has 0 aliphatic heterocycles. The van der Waals surface area contributed by atoms with E-state index >= 15 is 0 Å². The van der Waals surface area contributed by atoms with Gasteiger partial charge in [-0.1, -0.05) is 54.6 Å². The molecule has 0 saturated carbocycles. The average molecular weight is 463 g/mol. The van der Waals surface area contributed by atoms with Crippen molar-refractivity contribution >= 4 is 50.9 Å². The Bertz CT molecular complexity index is 1230. The summed E-state index contributed by atoms with van der Waals surface area (Å²) < 4.78 is 0. The Morgan fingerprint density at radius 3 is 2.59 bits per heavy atom. The molecule has 2 aromatic carbocycles. The van der Waals surface area contributed by atoms with Crippen LogP contribution in [0, 0.1) is 0 Å². The molecule has 32 heavy (non-hydrogen) atoms. The van der Waals surface area contributed by atoms with Crippen molar-refractivity contribution in [1.82, 2.24) is 15.3 Å². The minimum Gasteiger partial charge on any atom is -0.339 e. The molecule has 2 N–H and O–H groups in total. The number of hydrogen-bond donors (Lipinski definition) is 2. The molecule has 0 spiro atoms. The van der Waals surface area contributed by atoms with E-state index in [9.17, 15) is 9.59 Å². The topological polar surface area (TPSA) is 84.0 Å². The third-order valence-corrected chi connectivity index (χ3v) is 6.27. The van der Waals surface area contributed by atoms with Gasteiger partial charge in [0.1, 0.15) is 11.7 Å². The van der Waals surface area contributed by atoms with E-state index in [2.05, 4.69) is 20.6 Å². The monoisotopic (exact) mass is 462 g/mol. The van der Waals surface area contributed by atoms with Gasteiger partial charge in [0.05, 0.1) is 11.2 Å². The van der Waals surface area contributed by atoms with Crippen LogP contribution in [0.1, 0.15) is 16.9 Å². The third kappa shape index (κ3) is 5.33. The van der Waals surface area contributed by atoms with Gasteiger partial charge in [0.25, 0.3) is 5.91 Å². The number of nitrogens with one attached hydrogen (secondary N) is 2. The van der Waals surface area contributed by atoms with Crippen LogP contribution in [-0.2, 0) is 4.79 Å². The summed E-state index contributed by atoms with van der Waals surface area (Å²) >= 11 is 2.98. The number of fused-ring (bicyclic) bond motifs is 1. The molecule has 2 amide bonds. The first-order chi connectivity index (χ1) is 15.6. The van der Waals surface area contributed by atoms with Gasteiger partial charge in [-0.15, -0.1) is 11.3 Å². The second-order valence-electron chi connectivity index (χ2n) is 7.09. The molecule has 0 aliphatic carbocycles. The second-order valence-corrected chi connectivity index (χ2v) is 8.93. The number of benzene rings is 2. The molecule has 0 saturated heterocycles. The molecule has 162 valence electrons. The highest BCUT2D eigenvalue weighted by molar-refractivity contribution is 7.98. The summed E-state index contributed by atoms with van der Waals surface area (Å²) in [6.07, 6.45) is 2.47. The van der Waals surface area contributed by atoms with E-state index in [-0.39, 0.29) is 17.5 Å². The van der Waals surface area contributed by atoms with Crippen LogP contribution in [0.4, 0.5) is 5.13 Å². The van der Waals surface area contributed by atoms with E-state index in [1.165, 1.54) is 11.3 Å². The normalized spacial score (nSPS) is 11.8. The molecule has 1 atom stereocenters. The summed E-state index contributed by atoms with van der Waals surface area (Å²) in [7, 11) is 0. The van der Waals surface area contributed by atoms with Crippen LogP contribution in [0.25, 0.3) is 22.2 Å². The minimum atomic E-state index is -0.688. The Kier molecular flexibility index (Phi) is 7.14. The predicted octanol–water partition coefficient (Wildman–Crippen LogP) is 4.85. The number of carbonyl (C=O) groups excluding carboxylic acids is 2. The van der Waals surface area contributed by atoms with Gasteiger partial charge in [0.2, 0.25) is 5.91 Å². The largest absolute Gasteiger partial charge is 0.339 e. The number of carbonyl (C=O) groups is 2. The van der Waals surface area contributed by atoms with E-state index in [1.54, 1.807) is 17.8 Å². The number of nitrogens with zero attached hydrogens (tertiary/aromatic N) is 2. The van der Waals surface area contributed by atoms with Crippen molar-refractivity contribution in [3.63, 3.8) is 0 Å². The van der Waals surface area contributed by atoms with E-state index in [1.807, 2.05) is 72.3 Å². The fourth-order valence-electron chi connectivity index (χ4n) is 3.19. The zero-order chi connectivity index (χ0) is 22.3. The van der Waals surface area contributed by atoms with Gasteiger partial charge in [-0.3, -0.25) is 9.59 Å². The van der Waals surface area contributed by atoms with Crippen LogP contribution >= 0.6 is 23.1 Å². The van der Waals surface area contributed by atoms with Gasteiger partial charge in [0, 0.05) is 16.3 Å². The number of hydrogen-bond acceptors (Lipinski definition) is 6. The Labute approximate surface area is 194 Å². The summed E-state index contributed by atoms with van der Waals surface area (Å²) in [5, 5.41) is 9.05. The van der Waals surface area contributed by atoms with Crippen LogP contribution in [0.15, 0.2) is 72.1 Å². The molecule has 4 aromatic rings. The number of para-hydroxylation sites is 1. The smallest absolute Gasteiger partial charge is 0.270 e. The Hall–Kier alpha value is -3.23. The Morgan fingerprint density at radius 1 is 1.00 bits per heavy atom. The van der Waals surface area contributed by atoms with Gasteiger partial charge in [-0.25, -0.2) is 9.97 Å². The summed E-state index contributed by atoms with van der Waals surface area (Å²) in [4.78, 5) is 34.7. The lowest BCUT2D eigenvalue weighted by atomic mass is 10.1. The Morgan fingerprint density at radius 2 is 1.78 bits per heavy atom. The minimum absolute atomic E-state index is 0.284. The van der Waals surface area contributed by atoms with Crippen molar-refractivity contribution in [2.75, 3.05) is 17.3 Å². The quantitative estimate of drug-likeness (QED) is 0.391. The number of anilines is 1. The first-order valence-electron chi connectivity index (χ1n) is 10.1. The molecule has 4 rings (SSSR count). The second kappa shape index (κ2) is 10.4. The fourth-order valence-corrected chi connectivity index (χ4v) is 4.39. The standard InChI is InChI=1S/C24H22N4O2S2/c1-31-14-13-20(26-22(29)19-12-11-17-9-5-6-10-18(17)25-19)23(30)28-24-27-21(15-32-24)16-7-3-2-4-8-16/h2-12,15,20H,13-14H2,1H3,(H,26,29)(H,27,28,30). The van der Waals surface area contributed by atoms with Crippen LogP contribution in [0.5, 0.6) is 0 Å². The molecule has 0 radical (unpaired) electrons. The zero-order valence-corrected chi connectivity index (χ0v) is 19.1. The molecule has 6 nitrogen and oxygen atoms in total. The Balaban J connectivity index is 1.46. The highest BCUT2D eigenvalue weighted by atomic mass is 32.2. The molecular formula is C24H22N4O2S2. The van der Waals surface area contributed by atoms with Gasteiger partial charge in [0.15, 0.2) is 5.13 Å². The van der Waals surface area contributed by atoms with Crippen LogP contribution in [0.2, 0.25) is 0 Å². The molecule has 0 aliphatic rings. The SMILES string of the molecule is CSCCC(NC(=O)c1ccc2ccccc2n1)C(=O)Nc1nc(-c2ccccc2)cs1. The zero-order valence-electron chi connectivity index (χ0n) is 17.4. The lowest BCUT2D eigenvalue weighted by Gasteiger charge is -2.17. The van der Waals surface area contributed by atoms with Crippen LogP contribution < -0.4 is 10.6 Å². The lowest BCUT2D eigenvalue weighted by Crippen LogP contribution is -2.44. The van der Waals surface area contributed by atoms with Gasteiger partial charge >= 0.3 is 0 Å². The number of rotatable bonds is 8. The van der Waals surface area contributed by atoms with Gasteiger partial charge in [-0.05, 0) is 30.6 Å². The first kappa shape index (κ1) is 22.0. The van der Waals surface area contributed by atoms with E-state index in [4.69, 9.17) is 0 Å². The molecule has 8 heteroatoms. The van der Waals surface area contributed by atoms with Gasteiger partial charge in [-0.2, -0.15) is 11.8 Å². The predicted molar refractivity (Wildman–Crippen MR) is 132 cm³/mol. The summed E-state index contributed by atoms with van der Waals surface area (Å²) in [6, 6.07) is 20.2. The number of aromatic nitrogens is 2. The highest BCUT2D eigenvalue weighted by Crippen LogP contribution is 2.24. The maximum atomic E-state index is 13.0. The lowest BCUT2D eigenvalue weighted by molar-refractivity contribution is -0.118. The number of thioether (sulfide) groups is 1. The average Bonchev–Trinajstić information content (AvgIpc) is 3.30. The number of pyridine rings is 1. The molecular weight excluding hydrogens is 440 g/mol. The summed E-state index contributed by atoms with van der Waals surface area (Å²) in [6.45, 7) is 0. The van der Waals surface area contributed by atoms with E-state index < -0.39 is 6.04 Å². The van der Waals surface area contributed by atoms with Crippen molar-refractivity contribution < 1.29 is 9.59 Å². The maximum absolute atomic E-state index is 13.0. The summed E-state index contributed by atoms with van der Waals surface area (Å²) in [5.41, 5.74) is 2.81. The van der Waals surface area contributed by atoms with E-state index in [0.717, 1.165) is 27.9 Å². The van der Waals surface area contributed by atoms with Crippen molar-refractivity contribution in [1.29, 1.82) is 0 Å². The van der Waals surface area contributed by atoms with Crippen molar-refractivity contribution in [3.8, 4) is 11.3 Å². The van der Waals surface area contributed by atoms with Crippen molar-refractivity contribution in [2.24, 2.45) is 0 Å². The molecule has 0 bridgehead atoms. The fraction of sp³-hybridized carbons (Fsp3) is 0.167. The molecule has 1 unspecified atom stereocenters. The third-order valence-electron chi connectivity index (χ3n) is 4.87. The van der Waals surface area contributed by atoms with Crippen LogP contribution in [0.3, 0.4) is 0 Å². The van der Waals surface area contributed by atoms with Crippen molar-refractivity contribution in [2.45, 2.75) is 12.5 Å². The number of amides is 2. The molecule has 0 fully saturated rings. The van der Waals surface area contributed by atoms with Crippen LogP contribution in [-0.4, -0.2) is 39.8 Å². The van der Waals surface area contributed by atoms with E-state index in [0.29, 0.717) is 11.6 Å². The summed E-state index contributed by atoms with van der Waals surface area (Å²) in [5.74, 6) is 0.0691. The first-order valence-corrected chi connectivity index (χ1v) is 12.4.